The molecule has 1 aliphatic heterocycles. The van der Waals surface area contributed by atoms with Crippen LogP contribution in [0.3, 0.4) is 0 Å². The number of hydrogen-bond acceptors (Lipinski definition) is 7. The van der Waals surface area contributed by atoms with Gasteiger partial charge in [-0.3, -0.25) is 9.69 Å². The number of rotatable bonds is 6. The molecule has 10 heteroatoms. The number of nitrogens with zero attached hydrogens (tertiary/aromatic N) is 2. The second-order valence-electron chi connectivity index (χ2n) is 9.94. The monoisotopic (exact) mass is 617 g/mol. The molecule has 0 spiro atoms. The summed E-state index contributed by atoms with van der Waals surface area (Å²) in [7, 11) is 2.15. The van der Waals surface area contributed by atoms with Gasteiger partial charge in [0.25, 0.3) is 0 Å². The average molecular weight is 617 g/mol. The number of phenols is 3. The maximum absolute atomic E-state index is 12.9. The van der Waals surface area contributed by atoms with Crippen LogP contribution in [0.5, 0.6) is 17.2 Å². The molecule has 5 rings (SSSR count). The van der Waals surface area contributed by atoms with Gasteiger partial charge in [0, 0.05) is 42.8 Å². The van der Waals surface area contributed by atoms with E-state index in [1.165, 1.54) is 27.6 Å². The number of esters is 1. The number of H-pyrrole nitrogens is 1. The summed E-state index contributed by atoms with van der Waals surface area (Å²) in [6.07, 6.45) is 6.09. The molecule has 0 unspecified atom stereocenters. The van der Waals surface area contributed by atoms with Gasteiger partial charge in [0.15, 0.2) is 17.2 Å². The van der Waals surface area contributed by atoms with Crippen molar-refractivity contribution in [3.8, 4) is 17.2 Å². The van der Waals surface area contributed by atoms with Crippen LogP contribution < -0.4 is 0 Å². The van der Waals surface area contributed by atoms with E-state index in [2.05, 4.69) is 61.3 Å². The zero-order valence-electron chi connectivity index (χ0n) is 23.4. The van der Waals surface area contributed by atoms with Crippen molar-refractivity contribution in [1.29, 1.82) is 0 Å². The Morgan fingerprint density at radius 3 is 2.40 bits per heavy atom. The van der Waals surface area contributed by atoms with Crippen LogP contribution in [0.2, 0.25) is 0 Å². The number of hydrogen-bond donors (Lipinski definition) is 4. The number of fused-ring (bicyclic) bond motifs is 2. The first-order chi connectivity index (χ1) is 18.7. The van der Waals surface area contributed by atoms with E-state index in [1.807, 2.05) is 11.8 Å². The summed E-state index contributed by atoms with van der Waals surface area (Å²) >= 11 is 0. The number of amides is 1. The van der Waals surface area contributed by atoms with Crippen molar-refractivity contribution in [2.24, 2.45) is 5.92 Å². The van der Waals surface area contributed by atoms with Gasteiger partial charge < -0.3 is 29.9 Å². The van der Waals surface area contributed by atoms with Gasteiger partial charge in [0.1, 0.15) is 0 Å². The van der Waals surface area contributed by atoms with Gasteiger partial charge in [-0.05, 0) is 68.6 Å². The Bertz CT molecular complexity index is 1370. The quantitative estimate of drug-likeness (QED) is 0.190. The van der Waals surface area contributed by atoms with Crippen molar-refractivity contribution in [1.82, 2.24) is 14.8 Å². The maximum atomic E-state index is 12.9. The van der Waals surface area contributed by atoms with Gasteiger partial charge >= 0.3 is 23.0 Å². The third kappa shape index (κ3) is 6.14. The standard InChI is InChI=1S/C20H25N3O.C10H12O5.H2Se/c1-4-23(5-2)20(24)14-9-16-15-7-6-8-17-19(15)13(11-21-17)10-18(16)22(3)12-14;1-2-3-15-10(14)6-4-7(11)9(13)8(12)5-6;/h6-9,11,14,18,21H,4-5,10,12H2,1-3H3;4-5,11-13H,2-3H2,1H3;1H2/t14-,18-;;/m1../s1. The van der Waals surface area contributed by atoms with Gasteiger partial charge in [-0.2, -0.15) is 0 Å². The second-order valence-corrected chi connectivity index (χ2v) is 9.94. The van der Waals surface area contributed by atoms with Crippen LogP contribution in [0.15, 0.2) is 42.6 Å². The Hall–Kier alpha value is -3.46. The van der Waals surface area contributed by atoms with E-state index in [9.17, 15) is 9.59 Å². The molecule has 2 heterocycles. The number of benzene rings is 2. The first kappa shape index (κ1) is 31.1. The van der Waals surface area contributed by atoms with Gasteiger partial charge in [0.05, 0.1) is 18.1 Å². The van der Waals surface area contributed by atoms with E-state index in [0.29, 0.717) is 12.5 Å². The number of phenolic OH excluding ortho intramolecular Hbond substituents is 3. The fourth-order valence-electron chi connectivity index (χ4n) is 5.38. The fraction of sp³-hybridized carbons (Fsp3) is 0.400. The minimum absolute atomic E-state index is 0. The molecule has 2 atom stereocenters. The van der Waals surface area contributed by atoms with Crippen LogP contribution in [0.25, 0.3) is 16.5 Å². The summed E-state index contributed by atoms with van der Waals surface area (Å²) in [5, 5.41) is 28.6. The molecule has 1 amide bonds. The predicted octanol–water partition coefficient (Wildman–Crippen LogP) is 3.36. The van der Waals surface area contributed by atoms with Gasteiger partial charge in [-0.1, -0.05) is 25.1 Å². The molecular formula is C30H39N3O6Se. The molecule has 3 aromatic rings. The molecule has 4 N–H and O–H groups in total. The second kappa shape index (κ2) is 13.3. The van der Waals surface area contributed by atoms with E-state index >= 15 is 0 Å². The fourth-order valence-corrected chi connectivity index (χ4v) is 5.38. The van der Waals surface area contributed by atoms with E-state index in [0.717, 1.165) is 38.2 Å². The first-order valence-electron chi connectivity index (χ1n) is 13.4. The normalized spacial score (nSPS) is 17.6. The summed E-state index contributed by atoms with van der Waals surface area (Å²) in [4.78, 5) is 31.9. The van der Waals surface area contributed by atoms with Gasteiger partial charge in [-0.25, -0.2) is 4.79 Å². The third-order valence-electron chi connectivity index (χ3n) is 7.40. The Balaban J connectivity index is 0.000000240. The number of carbonyl (C=O) groups excluding carboxylic acids is 2. The van der Waals surface area contributed by atoms with Crippen LogP contribution in [-0.4, -0.2) is 98.4 Å². The summed E-state index contributed by atoms with van der Waals surface area (Å²) in [5.74, 6) is -2.21. The number of aromatic nitrogens is 1. The van der Waals surface area contributed by atoms with E-state index < -0.39 is 23.2 Å². The van der Waals surface area contributed by atoms with Crippen molar-refractivity contribution >= 4 is 45.4 Å². The first-order valence-corrected chi connectivity index (χ1v) is 13.4. The Labute approximate surface area is 244 Å². The van der Waals surface area contributed by atoms with Crippen molar-refractivity contribution in [3.63, 3.8) is 0 Å². The van der Waals surface area contributed by atoms with Crippen LogP contribution in [0, 0.1) is 5.92 Å². The van der Waals surface area contributed by atoms with Gasteiger partial charge in [0.2, 0.25) is 5.91 Å². The number of aromatic amines is 1. The number of ether oxygens (including phenoxy) is 1. The molecule has 2 aliphatic rings. The van der Waals surface area contributed by atoms with Crippen LogP contribution in [-0.2, 0) is 16.0 Å². The van der Waals surface area contributed by atoms with E-state index in [4.69, 9.17) is 20.1 Å². The summed E-state index contributed by atoms with van der Waals surface area (Å²) < 4.78 is 4.78. The molecule has 2 aromatic carbocycles. The minimum atomic E-state index is -0.651. The SMILES string of the molecule is CCCOC(=O)c1cc(O)c(O)c(O)c1.CCN(CC)C(=O)[C@@H]1C=C2c3cccc4[nH]cc(c34)C[C@H]2N(C)C1.[SeH2]. The van der Waals surface area contributed by atoms with E-state index in [-0.39, 0.29) is 41.1 Å². The number of nitrogens with one attached hydrogen (secondary N) is 1. The van der Waals surface area contributed by atoms with Crippen molar-refractivity contribution in [2.75, 3.05) is 33.3 Å². The summed E-state index contributed by atoms with van der Waals surface area (Å²) in [6, 6.07) is 8.89. The molecule has 1 aliphatic carbocycles. The number of aromatic hydroxyl groups is 3. The number of carbonyl (C=O) groups is 2. The van der Waals surface area contributed by atoms with Crippen LogP contribution in [0.4, 0.5) is 0 Å². The van der Waals surface area contributed by atoms with Crippen LogP contribution >= 0.6 is 0 Å². The molecule has 0 fully saturated rings. The predicted molar refractivity (Wildman–Crippen MR) is 158 cm³/mol. The molecular weight excluding hydrogens is 577 g/mol. The topological polar surface area (TPSA) is 126 Å². The molecule has 0 radical (unpaired) electrons. The number of likely N-dealkylation sites (N-methyl/N-ethyl adjacent to an activating group) is 1. The molecule has 40 heavy (non-hydrogen) atoms. The zero-order chi connectivity index (χ0) is 28.3. The van der Waals surface area contributed by atoms with Crippen molar-refractivity contribution < 1.29 is 29.6 Å². The van der Waals surface area contributed by atoms with E-state index in [1.54, 1.807) is 0 Å². The zero-order valence-corrected chi connectivity index (χ0v) is 25.5. The molecule has 216 valence electrons. The Morgan fingerprint density at radius 1 is 1.10 bits per heavy atom. The van der Waals surface area contributed by atoms with Gasteiger partial charge in [-0.15, -0.1) is 0 Å². The molecule has 0 saturated heterocycles. The molecule has 1 aromatic heterocycles. The Morgan fingerprint density at radius 2 is 1.77 bits per heavy atom. The van der Waals surface area contributed by atoms with Crippen molar-refractivity contribution in [3.05, 3.63) is 59.3 Å². The third-order valence-corrected chi connectivity index (χ3v) is 7.40. The average Bonchev–Trinajstić information content (AvgIpc) is 3.35. The summed E-state index contributed by atoms with van der Waals surface area (Å²) in [6.45, 7) is 8.58. The van der Waals surface area contributed by atoms with Crippen LogP contribution in [0.1, 0.15) is 48.7 Å². The van der Waals surface area contributed by atoms with Crippen molar-refractivity contribution in [2.45, 2.75) is 39.7 Å². The molecule has 0 saturated carbocycles. The molecule has 9 nitrogen and oxygen atoms in total. The Kier molecular flexibility index (Phi) is 10.3. The summed E-state index contributed by atoms with van der Waals surface area (Å²) in [5.41, 5.74) is 5.21. The molecule has 0 bridgehead atoms.